The number of anilines is 1. The number of nitrogens with two attached hydrogens (primary N) is 1. The number of amides is 1. The van der Waals surface area contributed by atoms with Gasteiger partial charge in [0.25, 0.3) is 0 Å². The van der Waals surface area contributed by atoms with E-state index in [9.17, 15) is 9.18 Å². The van der Waals surface area contributed by atoms with E-state index >= 15 is 0 Å². The predicted molar refractivity (Wildman–Crippen MR) is 90.5 cm³/mol. The highest BCUT2D eigenvalue weighted by Crippen LogP contribution is 2.30. The highest BCUT2D eigenvalue weighted by Gasteiger charge is 2.37. The third-order valence-electron chi connectivity index (χ3n) is 4.73. The number of halogens is 2. The second-order valence-electron chi connectivity index (χ2n) is 6.49. The van der Waals surface area contributed by atoms with Gasteiger partial charge < -0.3 is 15.8 Å². The second kappa shape index (κ2) is 7.49. The van der Waals surface area contributed by atoms with Crippen LogP contribution in [0.1, 0.15) is 51.4 Å². The largest absolute Gasteiger partial charge is 0.487 e. The Bertz CT molecular complexity index is 556. The monoisotopic (exact) mass is 342 g/mol. The highest BCUT2D eigenvalue weighted by molar-refractivity contribution is 5.98. The summed E-state index contributed by atoms with van der Waals surface area (Å²) in [5, 5.41) is 2.73. The number of hydrogen-bond acceptors (Lipinski definition) is 3. The van der Waals surface area contributed by atoms with Crippen LogP contribution in [0, 0.1) is 5.82 Å². The van der Waals surface area contributed by atoms with Gasteiger partial charge in [-0.05, 0) is 50.7 Å². The van der Waals surface area contributed by atoms with E-state index in [-0.39, 0.29) is 30.2 Å². The molecule has 3 N–H and O–H groups in total. The van der Waals surface area contributed by atoms with Gasteiger partial charge in [0.2, 0.25) is 5.91 Å². The summed E-state index contributed by atoms with van der Waals surface area (Å²) < 4.78 is 19.8. The van der Waals surface area contributed by atoms with Crippen molar-refractivity contribution < 1.29 is 13.9 Å². The van der Waals surface area contributed by atoms with Crippen molar-refractivity contribution in [1.29, 1.82) is 0 Å². The van der Waals surface area contributed by atoms with Gasteiger partial charge in [-0.25, -0.2) is 4.39 Å². The number of hydrogen-bond donors (Lipinski definition) is 2. The maximum absolute atomic E-state index is 14.1. The molecule has 0 bridgehead atoms. The minimum Gasteiger partial charge on any atom is -0.487 e. The van der Waals surface area contributed by atoms with Gasteiger partial charge in [-0.15, -0.1) is 12.4 Å². The first-order valence-corrected chi connectivity index (χ1v) is 8.13. The third-order valence-corrected chi connectivity index (χ3v) is 4.73. The molecule has 0 saturated heterocycles. The molecule has 6 heteroatoms. The molecule has 2 aliphatic carbocycles. The first-order valence-electron chi connectivity index (χ1n) is 8.13. The van der Waals surface area contributed by atoms with Gasteiger partial charge in [0.05, 0.1) is 11.6 Å². The second-order valence-corrected chi connectivity index (χ2v) is 6.49. The van der Waals surface area contributed by atoms with Crippen molar-refractivity contribution in [3.63, 3.8) is 0 Å². The maximum atomic E-state index is 14.1. The van der Waals surface area contributed by atoms with E-state index in [0.29, 0.717) is 18.5 Å². The van der Waals surface area contributed by atoms with E-state index in [1.807, 2.05) is 0 Å². The van der Waals surface area contributed by atoms with E-state index < -0.39 is 11.4 Å². The van der Waals surface area contributed by atoms with Crippen LogP contribution in [0.4, 0.5) is 10.1 Å². The van der Waals surface area contributed by atoms with Gasteiger partial charge >= 0.3 is 0 Å². The maximum Gasteiger partial charge on any atom is 0.244 e. The van der Waals surface area contributed by atoms with Crippen LogP contribution in [-0.2, 0) is 4.79 Å². The molecule has 4 nitrogen and oxygen atoms in total. The molecule has 1 amide bonds. The molecular formula is C17H24ClFN2O2. The van der Waals surface area contributed by atoms with E-state index in [1.165, 1.54) is 6.07 Å². The van der Waals surface area contributed by atoms with Gasteiger partial charge in [-0.2, -0.15) is 0 Å². The van der Waals surface area contributed by atoms with Gasteiger partial charge in [0.1, 0.15) is 0 Å². The fourth-order valence-corrected chi connectivity index (χ4v) is 3.35. The van der Waals surface area contributed by atoms with Crippen LogP contribution in [0.3, 0.4) is 0 Å². The molecular weight excluding hydrogens is 319 g/mol. The van der Waals surface area contributed by atoms with E-state index in [0.717, 1.165) is 38.5 Å². The van der Waals surface area contributed by atoms with Crippen molar-refractivity contribution in [2.24, 2.45) is 5.73 Å². The summed E-state index contributed by atoms with van der Waals surface area (Å²) >= 11 is 0. The molecule has 0 aromatic heterocycles. The zero-order chi connectivity index (χ0) is 15.6. The molecule has 2 fully saturated rings. The van der Waals surface area contributed by atoms with Crippen LogP contribution in [-0.4, -0.2) is 17.6 Å². The molecule has 1 aromatic carbocycles. The minimum absolute atomic E-state index is 0. The molecule has 1 aromatic rings. The Balaban J connectivity index is 0.00000192. The summed E-state index contributed by atoms with van der Waals surface area (Å²) in [6.45, 7) is 0. The van der Waals surface area contributed by atoms with Crippen LogP contribution >= 0.6 is 12.4 Å². The first-order chi connectivity index (χ1) is 10.6. The van der Waals surface area contributed by atoms with Crippen LogP contribution in [0.25, 0.3) is 0 Å². The molecule has 2 saturated carbocycles. The molecule has 2 aliphatic rings. The summed E-state index contributed by atoms with van der Waals surface area (Å²) in [4.78, 5) is 12.2. The van der Waals surface area contributed by atoms with Gasteiger partial charge in [-0.1, -0.05) is 12.8 Å². The van der Waals surface area contributed by atoms with Crippen molar-refractivity contribution in [3.8, 4) is 5.75 Å². The summed E-state index contributed by atoms with van der Waals surface area (Å²) in [6.07, 6.45) is 7.65. The average molecular weight is 343 g/mol. The lowest BCUT2D eigenvalue weighted by atomic mass is 9.98. The summed E-state index contributed by atoms with van der Waals surface area (Å²) in [5.41, 5.74) is 5.72. The Morgan fingerprint density at radius 3 is 2.48 bits per heavy atom. The zero-order valence-corrected chi connectivity index (χ0v) is 14.0. The quantitative estimate of drug-likeness (QED) is 0.875. The number of nitrogens with one attached hydrogen (secondary N) is 1. The molecule has 0 radical (unpaired) electrons. The van der Waals surface area contributed by atoms with Crippen molar-refractivity contribution in [1.82, 2.24) is 0 Å². The fraction of sp³-hybridized carbons (Fsp3) is 0.588. The minimum atomic E-state index is -0.810. The Labute approximate surface area is 142 Å². The number of carbonyl (C=O) groups excluding carboxylic acids is 1. The lowest BCUT2D eigenvalue weighted by molar-refractivity contribution is -0.121. The van der Waals surface area contributed by atoms with Gasteiger partial charge in [-0.3, -0.25) is 4.79 Å². The van der Waals surface area contributed by atoms with Crippen LogP contribution in [0.5, 0.6) is 5.75 Å². The number of carbonyl (C=O) groups is 1. The Hall–Kier alpha value is -1.33. The normalized spacial score (nSPS) is 20.1. The summed E-state index contributed by atoms with van der Waals surface area (Å²) in [7, 11) is 0. The van der Waals surface area contributed by atoms with Crippen molar-refractivity contribution in [2.45, 2.75) is 63.0 Å². The summed E-state index contributed by atoms with van der Waals surface area (Å²) in [6, 6.07) is 4.56. The van der Waals surface area contributed by atoms with Gasteiger partial charge in [0, 0.05) is 11.8 Å². The number of rotatable bonds is 4. The van der Waals surface area contributed by atoms with Crippen molar-refractivity contribution in [2.75, 3.05) is 5.32 Å². The molecule has 0 aliphatic heterocycles. The average Bonchev–Trinajstić information content (AvgIpc) is 3.14. The zero-order valence-electron chi connectivity index (χ0n) is 13.1. The smallest absolute Gasteiger partial charge is 0.244 e. The molecule has 0 atom stereocenters. The molecule has 0 unspecified atom stereocenters. The topological polar surface area (TPSA) is 64.4 Å². The summed E-state index contributed by atoms with van der Waals surface area (Å²) in [5.74, 6) is -0.413. The number of ether oxygens (including phenoxy) is 1. The van der Waals surface area contributed by atoms with E-state index in [1.54, 1.807) is 12.1 Å². The van der Waals surface area contributed by atoms with Crippen molar-refractivity contribution >= 4 is 24.0 Å². The van der Waals surface area contributed by atoms with Crippen LogP contribution in [0.2, 0.25) is 0 Å². The Morgan fingerprint density at radius 2 is 1.87 bits per heavy atom. The third kappa shape index (κ3) is 4.15. The lowest BCUT2D eigenvalue weighted by Gasteiger charge is -2.22. The molecule has 0 spiro atoms. The van der Waals surface area contributed by atoms with Crippen LogP contribution < -0.4 is 15.8 Å². The number of benzene rings is 1. The molecule has 128 valence electrons. The highest BCUT2D eigenvalue weighted by atomic mass is 35.5. The SMILES string of the molecule is Cl.NC1(C(=O)Nc2ccc(OC3CCCC3)c(F)c2)CCCC1. The Kier molecular flexibility index (Phi) is 5.87. The standard InChI is InChI=1S/C17H23FN2O2.ClH/c18-14-11-12(20-16(21)17(19)9-3-4-10-17)7-8-15(14)22-13-5-1-2-6-13;/h7-8,11,13H,1-6,9-10,19H2,(H,20,21);1H. The Morgan fingerprint density at radius 1 is 1.22 bits per heavy atom. The molecule has 0 heterocycles. The predicted octanol–water partition coefficient (Wildman–Crippen LogP) is 3.78. The van der Waals surface area contributed by atoms with Crippen LogP contribution in [0.15, 0.2) is 18.2 Å². The van der Waals surface area contributed by atoms with E-state index in [2.05, 4.69) is 5.32 Å². The molecule has 3 rings (SSSR count). The van der Waals surface area contributed by atoms with Gasteiger partial charge in [0.15, 0.2) is 11.6 Å². The van der Waals surface area contributed by atoms with Crippen molar-refractivity contribution in [3.05, 3.63) is 24.0 Å². The fourth-order valence-electron chi connectivity index (χ4n) is 3.35. The molecule has 23 heavy (non-hydrogen) atoms. The lowest BCUT2D eigenvalue weighted by Crippen LogP contribution is -2.48. The first kappa shape index (κ1) is 18.0. The van der Waals surface area contributed by atoms with E-state index in [4.69, 9.17) is 10.5 Å².